The van der Waals surface area contributed by atoms with Crippen molar-refractivity contribution in [1.29, 1.82) is 0 Å². The zero-order valence-corrected chi connectivity index (χ0v) is 10.3. The predicted molar refractivity (Wildman–Crippen MR) is 63.1 cm³/mol. The van der Waals surface area contributed by atoms with Gasteiger partial charge in [0.25, 0.3) is 0 Å². The molecule has 0 aromatic heterocycles. The molecule has 0 radical (unpaired) electrons. The molecule has 3 heteroatoms. The van der Waals surface area contributed by atoms with E-state index in [4.69, 9.17) is 11.6 Å². The lowest BCUT2D eigenvalue weighted by molar-refractivity contribution is -0.00702. The van der Waals surface area contributed by atoms with Gasteiger partial charge in [0.2, 0.25) is 0 Å². The van der Waals surface area contributed by atoms with Crippen LogP contribution < -0.4 is 0 Å². The minimum atomic E-state index is -0.742. The van der Waals surface area contributed by atoms with Crippen LogP contribution in [0.15, 0.2) is 18.2 Å². The highest BCUT2D eigenvalue weighted by Gasteiger charge is 2.51. The Labute approximate surface area is 100 Å². The smallest absolute Gasteiger partial charge is 0.141 e. The first kappa shape index (κ1) is 11.9. The summed E-state index contributed by atoms with van der Waals surface area (Å²) in [6.45, 7) is 3.93. The molecule has 0 amide bonds. The van der Waals surface area contributed by atoms with Crippen molar-refractivity contribution < 1.29 is 9.50 Å². The molecule has 2 rings (SSSR count). The van der Waals surface area contributed by atoms with Gasteiger partial charge in [-0.2, -0.15) is 0 Å². The standard InChI is InChI=1S/C13H16ClFO/c1-12(5-6-12)13(2,16)8-9-3-4-11(15)10(14)7-9/h3-4,7,16H,5-6,8H2,1-2H3. The maximum atomic E-state index is 13.0. The summed E-state index contributed by atoms with van der Waals surface area (Å²) in [5.74, 6) is -0.414. The van der Waals surface area contributed by atoms with Crippen molar-refractivity contribution in [2.75, 3.05) is 0 Å². The normalized spacial score (nSPS) is 21.6. The molecule has 1 nitrogen and oxygen atoms in total. The van der Waals surface area contributed by atoms with E-state index in [-0.39, 0.29) is 10.4 Å². The number of benzene rings is 1. The highest BCUT2D eigenvalue weighted by molar-refractivity contribution is 6.30. The van der Waals surface area contributed by atoms with Crippen molar-refractivity contribution >= 4 is 11.6 Å². The summed E-state index contributed by atoms with van der Waals surface area (Å²) in [5.41, 5.74) is 0.145. The van der Waals surface area contributed by atoms with Gasteiger partial charge in [-0.3, -0.25) is 0 Å². The summed E-state index contributed by atoms with van der Waals surface area (Å²) in [6, 6.07) is 4.63. The van der Waals surface area contributed by atoms with Crippen LogP contribution in [0, 0.1) is 11.2 Å². The van der Waals surface area contributed by atoms with Crippen LogP contribution in [0.25, 0.3) is 0 Å². The fourth-order valence-corrected chi connectivity index (χ4v) is 2.19. The van der Waals surface area contributed by atoms with Gasteiger partial charge in [-0.1, -0.05) is 24.6 Å². The average Bonchev–Trinajstić information content (AvgIpc) is 2.91. The lowest BCUT2D eigenvalue weighted by atomic mass is 9.82. The van der Waals surface area contributed by atoms with Gasteiger partial charge >= 0.3 is 0 Å². The molecular formula is C13H16ClFO. The van der Waals surface area contributed by atoms with Crippen molar-refractivity contribution in [3.8, 4) is 0 Å². The van der Waals surface area contributed by atoms with Crippen LogP contribution >= 0.6 is 11.6 Å². The maximum absolute atomic E-state index is 13.0. The number of aliphatic hydroxyl groups is 1. The van der Waals surface area contributed by atoms with E-state index in [1.54, 1.807) is 12.1 Å². The van der Waals surface area contributed by atoms with Crippen LogP contribution in [0.4, 0.5) is 4.39 Å². The first-order valence-corrected chi connectivity index (χ1v) is 5.88. The highest BCUT2D eigenvalue weighted by atomic mass is 35.5. The number of hydrogen-bond acceptors (Lipinski definition) is 1. The van der Waals surface area contributed by atoms with Gasteiger partial charge in [0.1, 0.15) is 5.82 Å². The van der Waals surface area contributed by atoms with Crippen molar-refractivity contribution in [3.05, 3.63) is 34.6 Å². The lowest BCUT2D eigenvalue weighted by Crippen LogP contribution is -2.36. The average molecular weight is 243 g/mol. The van der Waals surface area contributed by atoms with Crippen LogP contribution in [0.3, 0.4) is 0 Å². The van der Waals surface area contributed by atoms with Crippen molar-refractivity contribution in [1.82, 2.24) is 0 Å². The largest absolute Gasteiger partial charge is 0.389 e. The first-order chi connectivity index (χ1) is 7.34. The summed E-state index contributed by atoms with van der Waals surface area (Å²) in [4.78, 5) is 0. The molecule has 16 heavy (non-hydrogen) atoms. The topological polar surface area (TPSA) is 20.2 Å². The number of rotatable bonds is 3. The van der Waals surface area contributed by atoms with E-state index in [1.165, 1.54) is 6.07 Å². The molecule has 0 spiro atoms. The number of halogens is 2. The van der Waals surface area contributed by atoms with Gasteiger partial charge in [0.05, 0.1) is 10.6 Å². The SMILES string of the molecule is CC(O)(Cc1ccc(F)c(Cl)c1)C1(C)CC1. The van der Waals surface area contributed by atoms with E-state index in [0.29, 0.717) is 6.42 Å². The Kier molecular flexibility index (Phi) is 2.75. The molecule has 1 aliphatic rings. The van der Waals surface area contributed by atoms with E-state index >= 15 is 0 Å². The molecule has 1 unspecified atom stereocenters. The van der Waals surface area contributed by atoms with Gasteiger partial charge in [0, 0.05) is 6.42 Å². The van der Waals surface area contributed by atoms with Gasteiger partial charge in [-0.05, 0) is 42.9 Å². The third-order valence-corrected chi connectivity index (χ3v) is 4.12. The Hall–Kier alpha value is -0.600. The van der Waals surface area contributed by atoms with Crippen LogP contribution in [0.5, 0.6) is 0 Å². The van der Waals surface area contributed by atoms with E-state index in [9.17, 15) is 9.50 Å². The molecule has 0 saturated heterocycles. The Balaban J connectivity index is 2.17. The predicted octanol–water partition coefficient (Wildman–Crippen LogP) is 3.57. The Morgan fingerprint density at radius 3 is 2.62 bits per heavy atom. The van der Waals surface area contributed by atoms with Gasteiger partial charge in [0.15, 0.2) is 0 Å². The molecule has 1 aromatic carbocycles. The van der Waals surface area contributed by atoms with Crippen LogP contribution in [-0.4, -0.2) is 10.7 Å². The molecule has 1 aliphatic carbocycles. The molecule has 0 bridgehead atoms. The third-order valence-electron chi connectivity index (χ3n) is 3.83. The third kappa shape index (κ3) is 2.09. The van der Waals surface area contributed by atoms with Crippen LogP contribution in [0.1, 0.15) is 32.3 Å². The fourth-order valence-electron chi connectivity index (χ4n) is 1.99. The van der Waals surface area contributed by atoms with Gasteiger partial charge < -0.3 is 5.11 Å². The number of hydrogen-bond donors (Lipinski definition) is 1. The van der Waals surface area contributed by atoms with E-state index in [2.05, 4.69) is 6.92 Å². The zero-order valence-electron chi connectivity index (χ0n) is 9.56. The van der Waals surface area contributed by atoms with Crippen molar-refractivity contribution in [2.24, 2.45) is 5.41 Å². The summed E-state index contributed by atoms with van der Waals surface area (Å²) in [7, 11) is 0. The minimum Gasteiger partial charge on any atom is -0.389 e. The quantitative estimate of drug-likeness (QED) is 0.859. The lowest BCUT2D eigenvalue weighted by Gasteiger charge is -2.30. The fraction of sp³-hybridized carbons (Fsp3) is 0.538. The van der Waals surface area contributed by atoms with E-state index < -0.39 is 11.4 Å². The summed E-state index contributed by atoms with van der Waals surface area (Å²) < 4.78 is 13.0. The highest BCUT2D eigenvalue weighted by Crippen LogP contribution is 2.54. The van der Waals surface area contributed by atoms with Gasteiger partial charge in [-0.15, -0.1) is 0 Å². The molecule has 1 N–H and O–H groups in total. The molecule has 1 atom stereocenters. The zero-order chi connectivity index (χ0) is 12.0. The summed E-state index contributed by atoms with van der Waals surface area (Å²) in [6.07, 6.45) is 2.62. The molecule has 88 valence electrons. The Morgan fingerprint density at radius 1 is 1.50 bits per heavy atom. The molecule has 1 fully saturated rings. The van der Waals surface area contributed by atoms with Crippen LogP contribution in [0.2, 0.25) is 5.02 Å². The summed E-state index contributed by atoms with van der Waals surface area (Å²) >= 11 is 5.72. The Morgan fingerprint density at radius 2 is 2.12 bits per heavy atom. The maximum Gasteiger partial charge on any atom is 0.141 e. The van der Waals surface area contributed by atoms with E-state index in [1.807, 2.05) is 6.92 Å². The molecular weight excluding hydrogens is 227 g/mol. The second kappa shape index (κ2) is 3.71. The Bertz CT molecular complexity index is 410. The molecule has 0 heterocycles. The second-order valence-corrected chi connectivity index (χ2v) is 5.67. The van der Waals surface area contributed by atoms with E-state index in [0.717, 1.165) is 18.4 Å². The second-order valence-electron chi connectivity index (χ2n) is 5.26. The van der Waals surface area contributed by atoms with Crippen molar-refractivity contribution in [2.45, 2.75) is 38.7 Å². The van der Waals surface area contributed by atoms with Crippen LogP contribution in [-0.2, 0) is 6.42 Å². The monoisotopic (exact) mass is 242 g/mol. The summed E-state index contributed by atoms with van der Waals surface area (Å²) in [5, 5.41) is 10.5. The van der Waals surface area contributed by atoms with Gasteiger partial charge in [-0.25, -0.2) is 4.39 Å². The minimum absolute atomic E-state index is 0.00780. The van der Waals surface area contributed by atoms with Crippen molar-refractivity contribution in [3.63, 3.8) is 0 Å². The molecule has 0 aliphatic heterocycles. The molecule has 1 aromatic rings. The molecule has 1 saturated carbocycles. The first-order valence-electron chi connectivity index (χ1n) is 5.50.